The van der Waals surface area contributed by atoms with E-state index in [1.807, 2.05) is 18.2 Å². The molecule has 0 atom stereocenters. The molecule has 1 aliphatic heterocycles. The van der Waals surface area contributed by atoms with Gasteiger partial charge in [0.05, 0.1) is 4.90 Å². The van der Waals surface area contributed by atoms with Gasteiger partial charge in [-0.2, -0.15) is 0 Å². The lowest BCUT2D eigenvalue weighted by atomic mass is 10.1. The van der Waals surface area contributed by atoms with Gasteiger partial charge in [-0.3, -0.25) is 4.90 Å². The molecule has 146 valence electrons. The van der Waals surface area contributed by atoms with Gasteiger partial charge in [0.1, 0.15) is 5.71 Å². The highest BCUT2D eigenvalue weighted by molar-refractivity contribution is 7.90. The van der Waals surface area contributed by atoms with Gasteiger partial charge >= 0.3 is 0 Å². The van der Waals surface area contributed by atoms with Gasteiger partial charge in [-0.25, -0.2) is 8.42 Å². The van der Waals surface area contributed by atoms with Crippen molar-refractivity contribution in [1.29, 1.82) is 0 Å². The summed E-state index contributed by atoms with van der Waals surface area (Å²) in [4.78, 5) is 4.83. The van der Waals surface area contributed by atoms with E-state index in [1.54, 1.807) is 24.3 Å². The Balaban J connectivity index is 0.00000261. The zero-order chi connectivity index (χ0) is 18.6. The zero-order valence-electron chi connectivity index (χ0n) is 15.2. The minimum Gasteiger partial charge on any atom is -0.411 e. The van der Waals surface area contributed by atoms with Crippen molar-refractivity contribution in [3.8, 4) is 0 Å². The molecule has 1 fully saturated rings. The molecule has 8 heteroatoms. The number of rotatable bonds is 5. The Morgan fingerprint density at radius 2 is 1.59 bits per heavy atom. The van der Waals surface area contributed by atoms with Crippen molar-refractivity contribution in [2.45, 2.75) is 4.90 Å². The van der Waals surface area contributed by atoms with Crippen LogP contribution < -0.4 is 4.90 Å². The van der Waals surface area contributed by atoms with E-state index < -0.39 is 9.84 Å². The molecule has 1 heterocycles. The van der Waals surface area contributed by atoms with Crippen LogP contribution in [0.1, 0.15) is 5.56 Å². The van der Waals surface area contributed by atoms with Gasteiger partial charge < -0.3 is 10.1 Å². The SMILES string of the molecule is CS(=O)(=O)c1ccc(/C(CN2CCN(c3ccccc3)CC2)=N\O)cc1.Cl. The van der Waals surface area contributed by atoms with Crippen molar-refractivity contribution in [2.24, 2.45) is 5.16 Å². The number of halogens is 1. The molecule has 0 aliphatic carbocycles. The molecule has 1 aliphatic rings. The summed E-state index contributed by atoms with van der Waals surface area (Å²) in [6.07, 6.45) is 1.18. The summed E-state index contributed by atoms with van der Waals surface area (Å²) in [5.41, 5.74) is 2.49. The number of piperazine rings is 1. The van der Waals surface area contributed by atoms with E-state index in [-0.39, 0.29) is 17.3 Å². The topological polar surface area (TPSA) is 73.2 Å². The van der Waals surface area contributed by atoms with Crippen LogP contribution in [0.15, 0.2) is 64.6 Å². The first-order valence-electron chi connectivity index (χ1n) is 8.51. The highest BCUT2D eigenvalue weighted by Crippen LogP contribution is 2.16. The summed E-state index contributed by atoms with van der Waals surface area (Å²) >= 11 is 0. The number of hydrogen-bond acceptors (Lipinski definition) is 6. The average molecular weight is 410 g/mol. The molecule has 0 aromatic heterocycles. The van der Waals surface area contributed by atoms with Crippen LogP contribution in [0.3, 0.4) is 0 Å². The largest absolute Gasteiger partial charge is 0.411 e. The maximum absolute atomic E-state index is 11.6. The zero-order valence-corrected chi connectivity index (χ0v) is 16.8. The van der Waals surface area contributed by atoms with Gasteiger partial charge in [0, 0.05) is 50.2 Å². The van der Waals surface area contributed by atoms with Gasteiger partial charge in [-0.15, -0.1) is 12.4 Å². The molecule has 0 radical (unpaired) electrons. The van der Waals surface area contributed by atoms with Crippen LogP contribution in [-0.4, -0.2) is 63.2 Å². The minimum absolute atomic E-state index is 0. The first-order chi connectivity index (χ1) is 12.5. The van der Waals surface area contributed by atoms with E-state index in [0.29, 0.717) is 12.3 Å². The number of hydrogen-bond donors (Lipinski definition) is 1. The van der Waals surface area contributed by atoms with Gasteiger partial charge in [0.15, 0.2) is 9.84 Å². The standard InChI is InChI=1S/C19H23N3O3S.ClH/c1-26(24,25)18-9-7-16(8-10-18)19(20-23)15-21-11-13-22(14-12-21)17-5-3-2-4-6-17;/h2-10,23H,11-15H2,1H3;1H/b20-19-;. The third-order valence-corrected chi connectivity index (χ3v) is 5.73. The van der Waals surface area contributed by atoms with Gasteiger partial charge in [-0.05, 0) is 24.3 Å². The lowest BCUT2D eigenvalue weighted by molar-refractivity contribution is 0.280. The highest BCUT2D eigenvalue weighted by atomic mass is 35.5. The van der Waals surface area contributed by atoms with E-state index in [0.717, 1.165) is 31.7 Å². The van der Waals surface area contributed by atoms with Crippen molar-refractivity contribution >= 4 is 33.6 Å². The molecule has 2 aromatic carbocycles. The molecule has 0 amide bonds. The molecule has 6 nitrogen and oxygen atoms in total. The molecular weight excluding hydrogens is 386 g/mol. The molecule has 0 unspecified atom stereocenters. The fourth-order valence-corrected chi connectivity index (χ4v) is 3.72. The van der Waals surface area contributed by atoms with E-state index in [2.05, 4.69) is 27.1 Å². The molecule has 2 aromatic rings. The first kappa shape index (κ1) is 21.2. The minimum atomic E-state index is -3.23. The molecular formula is C19H24ClN3O3S. The summed E-state index contributed by atoms with van der Waals surface area (Å²) in [5.74, 6) is 0. The van der Waals surface area contributed by atoms with Gasteiger partial charge in [0.25, 0.3) is 0 Å². The predicted octanol–water partition coefficient (Wildman–Crippen LogP) is 2.51. The van der Waals surface area contributed by atoms with Gasteiger partial charge in [-0.1, -0.05) is 35.5 Å². The molecule has 27 heavy (non-hydrogen) atoms. The summed E-state index contributed by atoms with van der Waals surface area (Å²) in [5, 5.41) is 12.8. The smallest absolute Gasteiger partial charge is 0.175 e. The number of para-hydroxylation sites is 1. The third kappa shape index (κ3) is 5.45. The number of benzene rings is 2. The maximum atomic E-state index is 11.6. The normalized spacial score (nSPS) is 16.0. The number of nitrogens with zero attached hydrogens (tertiary/aromatic N) is 3. The summed E-state index contributed by atoms with van der Waals surface area (Å²) in [6, 6.07) is 16.8. The Labute approximate surface area is 166 Å². The van der Waals surface area contributed by atoms with Crippen LogP contribution in [-0.2, 0) is 9.84 Å². The molecule has 0 spiro atoms. The molecule has 1 saturated heterocycles. The van der Waals surface area contributed by atoms with Gasteiger partial charge in [0.2, 0.25) is 0 Å². The molecule has 3 rings (SSSR count). The predicted molar refractivity (Wildman–Crippen MR) is 110 cm³/mol. The number of anilines is 1. The summed E-state index contributed by atoms with van der Waals surface area (Å²) in [7, 11) is -3.23. The fraction of sp³-hybridized carbons (Fsp3) is 0.316. The fourth-order valence-electron chi connectivity index (χ4n) is 3.09. The van der Waals surface area contributed by atoms with Crippen molar-refractivity contribution in [3.63, 3.8) is 0 Å². The lowest BCUT2D eigenvalue weighted by Crippen LogP contribution is -2.48. The quantitative estimate of drug-likeness (QED) is 0.466. The Kier molecular flexibility index (Phi) is 7.24. The van der Waals surface area contributed by atoms with E-state index >= 15 is 0 Å². The Bertz CT molecular complexity index is 863. The second-order valence-electron chi connectivity index (χ2n) is 6.44. The molecule has 0 bridgehead atoms. The Hall–Kier alpha value is -2.09. The van der Waals surface area contributed by atoms with Crippen LogP contribution >= 0.6 is 12.4 Å². The molecule has 0 saturated carbocycles. The van der Waals surface area contributed by atoms with Crippen LogP contribution in [0.25, 0.3) is 0 Å². The van der Waals surface area contributed by atoms with Crippen LogP contribution in [0.2, 0.25) is 0 Å². The Morgan fingerprint density at radius 1 is 1.00 bits per heavy atom. The van der Waals surface area contributed by atoms with Crippen LogP contribution in [0, 0.1) is 0 Å². The third-order valence-electron chi connectivity index (χ3n) is 4.60. The monoisotopic (exact) mass is 409 g/mol. The first-order valence-corrected chi connectivity index (χ1v) is 10.4. The Morgan fingerprint density at radius 3 is 2.11 bits per heavy atom. The lowest BCUT2D eigenvalue weighted by Gasteiger charge is -2.36. The van der Waals surface area contributed by atoms with Crippen LogP contribution in [0.5, 0.6) is 0 Å². The average Bonchev–Trinajstić information content (AvgIpc) is 2.67. The number of sulfone groups is 1. The number of oxime groups is 1. The van der Waals surface area contributed by atoms with E-state index in [4.69, 9.17) is 0 Å². The van der Waals surface area contributed by atoms with Crippen LogP contribution in [0.4, 0.5) is 5.69 Å². The summed E-state index contributed by atoms with van der Waals surface area (Å²) < 4.78 is 23.1. The van der Waals surface area contributed by atoms with Crippen molar-refractivity contribution in [3.05, 3.63) is 60.2 Å². The maximum Gasteiger partial charge on any atom is 0.175 e. The second-order valence-corrected chi connectivity index (χ2v) is 8.46. The second kappa shape index (κ2) is 9.21. The van der Waals surface area contributed by atoms with Crippen molar-refractivity contribution in [1.82, 2.24) is 4.90 Å². The van der Waals surface area contributed by atoms with E-state index in [1.165, 1.54) is 11.9 Å². The van der Waals surface area contributed by atoms with E-state index in [9.17, 15) is 13.6 Å². The van der Waals surface area contributed by atoms with Crippen molar-refractivity contribution in [2.75, 3.05) is 43.9 Å². The van der Waals surface area contributed by atoms with Crippen molar-refractivity contribution < 1.29 is 13.6 Å². The summed E-state index contributed by atoms with van der Waals surface area (Å²) in [6.45, 7) is 4.09. The highest BCUT2D eigenvalue weighted by Gasteiger charge is 2.19. The molecule has 1 N–H and O–H groups in total.